The lowest BCUT2D eigenvalue weighted by Gasteiger charge is -2.26. The van der Waals surface area contributed by atoms with Gasteiger partial charge >= 0.3 is 6.09 Å². The molecule has 0 aliphatic rings. The van der Waals surface area contributed by atoms with Gasteiger partial charge in [0.2, 0.25) is 0 Å². The van der Waals surface area contributed by atoms with Gasteiger partial charge in [0.1, 0.15) is 34.0 Å². The van der Waals surface area contributed by atoms with E-state index in [2.05, 4.69) is 4.98 Å². The van der Waals surface area contributed by atoms with Crippen LogP contribution in [0.2, 0.25) is 5.02 Å². The van der Waals surface area contributed by atoms with E-state index in [-0.39, 0.29) is 26.5 Å². The second-order valence-electron chi connectivity index (χ2n) is 8.35. The Morgan fingerprint density at radius 2 is 1.89 bits per heavy atom. The van der Waals surface area contributed by atoms with Crippen LogP contribution in [-0.4, -0.2) is 25.1 Å². The molecule has 35 heavy (non-hydrogen) atoms. The molecule has 12 heteroatoms. The van der Waals surface area contributed by atoms with Crippen molar-refractivity contribution in [2.45, 2.75) is 50.7 Å². The second kappa shape index (κ2) is 10.5. The standard InChI is InChI=1S/C23H23ClF2N2O5S2/c1-5-18(14-8-6-7-9-16(14)25)32-19-11-17(26)20(10-15(19)24)35(30,31)28(21-12-34-13-27-21)22(29)33-23(2,3)4/h6-13,18H,5H2,1-4H3/t18-/m0/s1. The van der Waals surface area contributed by atoms with Crippen LogP contribution < -0.4 is 9.04 Å². The first-order valence-corrected chi connectivity index (χ1v) is 13.2. The Labute approximate surface area is 211 Å². The topological polar surface area (TPSA) is 85.8 Å². The van der Waals surface area contributed by atoms with Crippen LogP contribution in [0, 0.1) is 11.6 Å². The Bertz CT molecular complexity index is 1310. The highest BCUT2D eigenvalue weighted by Gasteiger charge is 2.38. The molecule has 0 fully saturated rings. The largest absolute Gasteiger partial charge is 0.484 e. The minimum absolute atomic E-state index is 0.185. The van der Waals surface area contributed by atoms with Gasteiger partial charge in [0.15, 0.2) is 5.82 Å². The summed E-state index contributed by atoms with van der Waals surface area (Å²) in [5.41, 5.74) is 0.523. The van der Waals surface area contributed by atoms with Crippen LogP contribution in [0.1, 0.15) is 45.8 Å². The van der Waals surface area contributed by atoms with Gasteiger partial charge in [0.05, 0.1) is 10.5 Å². The van der Waals surface area contributed by atoms with Crippen LogP contribution in [-0.2, 0) is 14.8 Å². The molecule has 1 aromatic heterocycles. The number of thiazole rings is 1. The van der Waals surface area contributed by atoms with Crippen LogP contribution in [0.5, 0.6) is 5.75 Å². The number of ether oxygens (including phenoxy) is 2. The minimum Gasteiger partial charge on any atom is -0.484 e. The van der Waals surface area contributed by atoms with Crippen LogP contribution in [0.3, 0.4) is 0 Å². The molecule has 3 aromatic rings. The van der Waals surface area contributed by atoms with Crippen molar-refractivity contribution < 1.29 is 31.5 Å². The van der Waals surface area contributed by atoms with E-state index in [1.807, 2.05) is 0 Å². The maximum atomic E-state index is 15.2. The quantitative estimate of drug-likeness (QED) is 0.327. The van der Waals surface area contributed by atoms with Crippen molar-refractivity contribution in [3.05, 3.63) is 69.5 Å². The summed E-state index contributed by atoms with van der Waals surface area (Å²) in [7, 11) is -4.83. The molecule has 0 saturated carbocycles. The van der Waals surface area contributed by atoms with Gasteiger partial charge < -0.3 is 9.47 Å². The molecule has 0 aliphatic heterocycles. The van der Waals surface area contributed by atoms with E-state index in [1.165, 1.54) is 29.1 Å². The van der Waals surface area contributed by atoms with Crippen molar-refractivity contribution in [2.24, 2.45) is 0 Å². The number of sulfonamides is 1. The number of carbonyl (C=O) groups is 1. The molecule has 0 unspecified atom stereocenters. The molecule has 188 valence electrons. The normalized spacial score (nSPS) is 12.8. The zero-order valence-corrected chi connectivity index (χ0v) is 21.7. The maximum Gasteiger partial charge on any atom is 0.430 e. The average Bonchev–Trinajstić information content (AvgIpc) is 3.27. The molecular weight excluding hydrogens is 522 g/mol. The molecule has 0 spiro atoms. The monoisotopic (exact) mass is 544 g/mol. The van der Waals surface area contributed by atoms with Crippen LogP contribution in [0.4, 0.5) is 19.4 Å². The van der Waals surface area contributed by atoms with Crippen molar-refractivity contribution in [3.8, 4) is 5.75 Å². The number of benzene rings is 2. The molecule has 2 aromatic carbocycles. The van der Waals surface area contributed by atoms with Gasteiger partial charge in [-0.05, 0) is 39.3 Å². The highest BCUT2D eigenvalue weighted by atomic mass is 35.5. The highest BCUT2D eigenvalue weighted by molar-refractivity contribution is 7.93. The molecule has 3 rings (SSSR count). The summed E-state index contributed by atoms with van der Waals surface area (Å²) >= 11 is 7.29. The van der Waals surface area contributed by atoms with Crippen molar-refractivity contribution in [1.82, 2.24) is 4.98 Å². The number of aromatic nitrogens is 1. The number of anilines is 1. The van der Waals surface area contributed by atoms with E-state index >= 15 is 4.39 Å². The summed E-state index contributed by atoms with van der Waals surface area (Å²) in [5, 5.41) is 1.06. The fourth-order valence-electron chi connectivity index (χ4n) is 3.08. The molecule has 7 nitrogen and oxygen atoms in total. The Morgan fingerprint density at radius 1 is 1.20 bits per heavy atom. The van der Waals surface area contributed by atoms with Crippen LogP contribution >= 0.6 is 22.9 Å². The predicted molar refractivity (Wildman–Crippen MR) is 129 cm³/mol. The molecule has 0 N–H and O–H groups in total. The second-order valence-corrected chi connectivity index (χ2v) is 11.2. The number of carbonyl (C=O) groups excluding carboxylic acids is 1. The third-order valence-electron chi connectivity index (χ3n) is 4.58. The number of rotatable bonds is 7. The van der Waals surface area contributed by atoms with Gasteiger partial charge in [-0.1, -0.05) is 36.7 Å². The van der Waals surface area contributed by atoms with Crippen LogP contribution in [0.25, 0.3) is 0 Å². The van der Waals surface area contributed by atoms with Gasteiger partial charge in [-0.15, -0.1) is 15.6 Å². The number of amides is 1. The number of hydrogen-bond acceptors (Lipinski definition) is 7. The summed E-state index contributed by atoms with van der Waals surface area (Å²) in [4.78, 5) is 15.8. The van der Waals surface area contributed by atoms with Gasteiger partial charge in [-0.25, -0.2) is 27.0 Å². The smallest absolute Gasteiger partial charge is 0.430 e. The van der Waals surface area contributed by atoms with Gasteiger partial charge in [0.25, 0.3) is 10.0 Å². The molecule has 0 saturated heterocycles. The Kier molecular flexibility index (Phi) is 8.03. The number of halogens is 3. The zero-order valence-electron chi connectivity index (χ0n) is 19.3. The predicted octanol–water partition coefficient (Wildman–Crippen LogP) is 6.74. The van der Waals surface area contributed by atoms with Crippen molar-refractivity contribution in [2.75, 3.05) is 4.31 Å². The van der Waals surface area contributed by atoms with Crippen molar-refractivity contribution in [1.29, 1.82) is 0 Å². The lowest BCUT2D eigenvalue weighted by molar-refractivity contribution is 0.0608. The Morgan fingerprint density at radius 3 is 2.46 bits per heavy atom. The lowest BCUT2D eigenvalue weighted by atomic mass is 10.1. The van der Waals surface area contributed by atoms with Crippen LogP contribution in [0.15, 0.2) is 52.2 Å². The molecule has 0 radical (unpaired) electrons. The summed E-state index contributed by atoms with van der Waals surface area (Å²) in [6.07, 6.45) is -1.73. The first kappa shape index (κ1) is 26.8. The summed E-state index contributed by atoms with van der Waals surface area (Å²) in [6.45, 7) is 6.41. The number of nitrogens with zero attached hydrogens (tertiary/aromatic N) is 2. The minimum atomic E-state index is -4.83. The third-order valence-corrected chi connectivity index (χ3v) is 7.14. The van der Waals surface area contributed by atoms with E-state index in [0.29, 0.717) is 6.42 Å². The molecule has 1 atom stereocenters. The van der Waals surface area contributed by atoms with E-state index in [1.54, 1.807) is 33.8 Å². The van der Waals surface area contributed by atoms with E-state index in [9.17, 15) is 17.6 Å². The fourth-order valence-corrected chi connectivity index (χ4v) is 5.28. The van der Waals surface area contributed by atoms with Gasteiger partial charge in [0, 0.05) is 17.0 Å². The fraction of sp³-hybridized carbons (Fsp3) is 0.304. The Balaban J connectivity index is 2.02. The SMILES string of the molecule is CC[C@H](Oc1cc(F)c(S(=O)(=O)N(C(=O)OC(C)(C)C)c2cscn2)cc1Cl)c1ccccc1F. The van der Waals surface area contributed by atoms with Gasteiger partial charge in [-0.2, -0.15) is 0 Å². The molecule has 1 heterocycles. The third kappa shape index (κ3) is 6.09. The molecule has 0 bridgehead atoms. The van der Waals surface area contributed by atoms with Crippen molar-refractivity contribution >= 4 is 44.9 Å². The summed E-state index contributed by atoms with van der Waals surface area (Å²) < 4.78 is 67.4. The number of hydrogen-bond donors (Lipinski definition) is 0. The zero-order chi connectivity index (χ0) is 26.0. The molecular formula is C23H23ClF2N2O5S2. The average molecular weight is 545 g/mol. The van der Waals surface area contributed by atoms with E-state index in [0.717, 1.165) is 23.5 Å². The summed E-state index contributed by atoms with van der Waals surface area (Å²) in [6, 6.07) is 7.57. The van der Waals surface area contributed by atoms with Crippen molar-refractivity contribution in [3.63, 3.8) is 0 Å². The highest BCUT2D eigenvalue weighted by Crippen LogP contribution is 2.36. The maximum absolute atomic E-state index is 15.2. The summed E-state index contributed by atoms with van der Waals surface area (Å²) in [5.74, 6) is -2.18. The lowest BCUT2D eigenvalue weighted by Crippen LogP contribution is -2.41. The first-order chi connectivity index (χ1) is 16.3. The first-order valence-electron chi connectivity index (χ1n) is 10.4. The molecule has 1 amide bonds. The molecule has 0 aliphatic carbocycles. The Hall–Kier alpha value is -2.76. The van der Waals surface area contributed by atoms with E-state index < -0.39 is 44.4 Å². The van der Waals surface area contributed by atoms with E-state index in [4.69, 9.17) is 21.1 Å². The van der Waals surface area contributed by atoms with Gasteiger partial charge in [-0.3, -0.25) is 0 Å².